The number of rotatable bonds is 5. The van der Waals surface area contributed by atoms with Crippen molar-refractivity contribution < 1.29 is 14.3 Å². The van der Waals surface area contributed by atoms with Gasteiger partial charge in [-0.15, -0.1) is 0 Å². The van der Waals surface area contributed by atoms with Gasteiger partial charge in [-0.1, -0.05) is 32.9 Å². The Morgan fingerprint density at radius 3 is 2.32 bits per heavy atom. The number of benzene rings is 2. The Balaban J connectivity index is 1.52. The predicted molar refractivity (Wildman–Crippen MR) is 112 cm³/mol. The van der Waals surface area contributed by atoms with Crippen molar-refractivity contribution in [3.8, 4) is 5.75 Å². The van der Waals surface area contributed by atoms with Crippen molar-refractivity contribution in [1.29, 1.82) is 0 Å². The minimum atomic E-state index is -0.00681. The van der Waals surface area contributed by atoms with Gasteiger partial charge in [0.25, 0.3) is 5.91 Å². The van der Waals surface area contributed by atoms with Gasteiger partial charge in [0.2, 0.25) is 0 Å². The van der Waals surface area contributed by atoms with Crippen LogP contribution < -0.4 is 4.74 Å². The van der Waals surface area contributed by atoms with E-state index in [1.807, 2.05) is 42.6 Å². The molecule has 0 bridgehead atoms. The van der Waals surface area contributed by atoms with E-state index in [1.54, 1.807) is 4.90 Å². The van der Waals surface area contributed by atoms with Crippen LogP contribution in [0.15, 0.2) is 53.5 Å². The molecule has 148 valence electrons. The lowest BCUT2D eigenvalue weighted by atomic mass is 9.87. The van der Waals surface area contributed by atoms with Crippen molar-refractivity contribution in [2.45, 2.75) is 26.2 Å². The van der Waals surface area contributed by atoms with E-state index >= 15 is 0 Å². The summed E-state index contributed by atoms with van der Waals surface area (Å²) in [6, 6.07) is 15.9. The average Bonchev–Trinajstić information content (AvgIpc) is 2.71. The monoisotopic (exact) mass is 380 g/mol. The molecular formula is C23H28N2O3. The fourth-order valence-corrected chi connectivity index (χ4v) is 2.90. The van der Waals surface area contributed by atoms with Gasteiger partial charge in [0.15, 0.2) is 6.61 Å². The Labute approximate surface area is 167 Å². The lowest BCUT2D eigenvalue weighted by molar-refractivity contribution is -0.137. The minimum absolute atomic E-state index is 0.00681. The van der Waals surface area contributed by atoms with Crippen molar-refractivity contribution in [2.24, 2.45) is 4.99 Å². The number of hydrogen-bond acceptors (Lipinski definition) is 4. The second-order valence-corrected chi connectivity index (χ2v) is 7.91. The van der Waals surface area contributed by atoms with E-state index in [1.165, 1.54) is 5.56 Å². The molecular weight excluding hydrogens is 352 g/mol. The molecule has 1 aliphatic rings. The zero-order valence-corrected chi connectivity index (χ0v) is 16.9. The quantitative estimate of drug-likeness (QED) is 0.738. The van der Waals surface area contributed by atoms with E-state index in [0.29, 0.717) is 32.1 Å². The molecule has 1 aliphatic heterocycles. The third-order valence-corrected chi connectivity index (χ3v) is 4.70. The van der Waals surface area contributed by atoms with Crippen LogP contribution in [-0.4, -0.2) is 49.9 Å². The molecule has 3 rings (SSSR count). The minimum Gasteiger partial charge on any atom is -0.484 e. The van der Waals surface area contributed by atoms with Crippen LogP contribution in [0.25, 0.3) is 0 Å². The van der Waals surface area contributed by atoms with Gasteiger partial charge < -0.3 is 14.4 Å². The first kappa shape index (κ1) is 20.1. The Bertz CT molecular complexity index is 799. The first-order chi connectivity index (χ1) is 13.4. The lowest BCUT2D eigenvalue weighted by Gasteiger charge is -2.26. The Morgan fingerprint density at radius 1 is 1.07 bits per heavy atom. The molecule has 1 saturated heterocycles. The molecule has 0 saturated carbocycles. The molecule has 5 heteroatoms. The molecule has 2 aromatic rings. The molecule has 0 aliphatic carbocycles. The summed E-state index contributed by atoms with van der Waals surface area (Å²) in [7, 11) is 0. The van der Waals surface area contributed by atoms with Crippen LogP contribution in [0.1, 0.15) is 31.9 Å². The maximum absolute atomic E-state index is 12.1. The van der Waals surface area contributed by atoms with Crippen molar-refractivity contribution in [3.05, 3.63) is 59.7 Å². The van der Waals surface area contributed by atoms with Gasteiger partial charge in [-0.3, -0.25) is 9.79 Å². The van der Waals surface area contributed by atoms with Crippen LogP contribution in [0.2, 0.25) is 0 Å². The number of aliphatic imine (C=N–C) groups is 1. The van der Waals surface area contributed by atoms with Crippen LogP contribution >= 0.6 is 0 Å². The molecule has 0 atom stereocenters. The van der Waals surface area contributed by atoms with E-state index in [9.17, 15) is 4.79 Å². The van der Waals surface area contributed by atoms with Crippen LogP contribution in [0.5, 0.6) is 5.75 Å². The van der Waals surface area contributed by atoms with E-state index in [4.69, 9.17) is 9.47 Å². The zero-order valence-electron chi connectivity index (χ0n) is 16.9. The number of nitrogens with zero attached hydrogens (tertiary/aromatic N) is 2. The molecule has 1 fully saturated rings. The molecule has 5 nitrogen and oxygen atoms in total. The van der Waals surface area contributed by atoms with Crippen molar-refractivity contribution in [2.75, 3.05) is 32.9 Å². The fourth-order valence-electron chi connectivity index (χ4n) is 2.90. The molecule has 0 aromatic heterocycles. The number of carbonyl (C=O) groups is 1. The van der Waals surface area contributed by atoms with Gasteiger partial charge in [0.05, 0.1) is 18.9 Å². The summed E-state index contributed by atoms with van der Waals surface area (Å²) in [5.41, 5.74) is 3.33. The Morgan fingerprint density at radius 2 is 1.71 bits per heavy atom. The second kappa shape index (κ2) is 9.02. The van der Waals surface area contributed by atoms with Crippen LogP contribution in [0, 0.1) is 0 Å². The van der Waals surface area contributed by atoms with Crippen molar-refractivity contribution in [3.63, 3.8) is 0 Å². The van der Waals surface area contributed by atoms with Crippen LogP contribution in [0.3, 0.4) is 0 Å². The van der Waals surface area contributed by atoms with Gasteiger partial charge in [0.1, 0.15) is 5.75 Å². The number of ether oxygens (including phenoxy) is 2. The number of amides is 1. The molecule has 0 N–H and O–H groups in total. The highest BCUT2D eigenvalue weighted by atomic mass is 16.5. The summed E-state index contributed by atoms with van der Waals surface area (Å²) in [6.45, 7) is 9.10. The summed E-state index contributed by atoms with van der Waals surface area (Å²) >= 11 is 0. The second-order valence-electron chi connectivity index (χ2n) is 7.91. The molecule has 0 unspecified atom stereocenters. The SMILES string of the molecule is CC(C)(C)c1ccc(N=Cc2ccc(OCC(=O)N3CCOCC3)cc2)cc1. The highest BCUT2D eigenvalue weighted by Crippen LogP contribution is 2.24. The molecule has 2 aromatic carbocycles. The molecule has 0 radical (unpaired) electrons. The standard InChI is InChI=1S/C23H28N2O3/c1-23(2,3)19-6-8-20(9-7-19)24-16-18-4-10-21(11-5-18)28-17-22(26)25-12-14-27-15-13-25/h4-11,16H,12-15,17H2,1-3H3. The summed E-state index contributed by atoms with van der Waals surface area (Å²) in [6.07, 6.45) is 1.83. The molecule has 0 spiro atoms. The lowest BCUT2D eigenvalue weighted by Crippen LogP contribution is -2.42. The molecule has 1 amide bonds. The highest BCUT2D eigenvalue weighted by molar-refractivity contribution is 5.82. The number of morpholine rings is 1. The largest absolute Gasteiger partial charge is 0.484 e. The first-order valence-corrected chi connectivity index (χ1v) is 9.65. The predicted octanol–water partition coefficient (Wildman–Crippen LogP) is 3.97. The third kappa shape index (κ3) is 5.67. The Kier molecular flexibility index (Phi) is 6.47. The summed E-state index contributed by atoms with van der Waals surface area (Å²) in [4.78, 5) is 18.4. The van der Waals surface area contributed by atoms with E-state index in [0.717, 1.165) is 11.3 Å². The van der Waals surface area contributed by atoms with Gasteiger partial charge in [-0.25, -0.2) is 0 Å². The van der Waals surface area contributed by atoms with Crippen LogP contribution in [-0.2, 0) is 14.9 Å². The summed E-state index contributed by atoms with van der Waals surface area (Å²) in [5.74, 6) is 0.668. The topological polar surface area (TPSA) is 51.1 Å². The van der Waals surface area contributed by atoms with E-state index in [-0.39, 0.29) is 17.9 Å². The maximum atomic E-state index is 12.1. The zero-order chi connectivity index (χ0) is 20.0. The first-order valence-electron chi connectivity index (χ1n) is 9.65. The summed E-state index contributed by atoms with van der Waals surface area (Å²) in [5, 5.41) is 0. The fraction of sp³-hybridized carbons (Fsp3) is 0.391. The smallest absolute Gasteiger partial charge is 0.260 e. The summed E-state index contributed by atoms with van der Waals surface area (Å²) < 4.78 is 10.9. The Hall–Kier alpha value is -2.66. The van der Waals surface area contributed by atoms with E-state index in [2.05, 4.69) is 37.9 Å². The van der Waals surface area contributed by atoms with Crippen molar-refractivity contribution in [1.82, 2.24) is 4.90 Å². The van der Waals surface area contributed by atoms with Gasteiger partial charge >= 0.3 is 0 Å². The maximum Gasteiger partial charge on any atom is 0.260 e. The van der Waals surface area contributed by atoms with Crippen molar-refractivity contribution >= 4 is 17.8 Å². The third-order valence-electron chi connectivity index (χ3n) is 4.70. The normalized spacial score (nSPS) is 15.0. The highest BCUT2D eigenvalue weighted by Gasteiger charge is 2.17. The van der Waals surface area contributed by atoms with E-state index < -0.39 is 0 Å². The average molecular weight is 380 g/mol. The molecule has 28 heavy (non-hydrogen) atoms. The van der Waals surface area contributed by atoms with Gasteiger partial charge in [0, 0.05) is 19.3 Å². The molecule has 1 heterocycles. The van der Waals surface area contributed by atoms with Gasteiger partial charge in [-0.05, 0) is 52.9 Å². The van der Waals surface area contributed by atoms with Gasteiger partial charge in [-0.2, -0.15) is 0 Å². The number of hydrogen-bond donors (Lipinski definition) is 0. The number of carbonyl (C=O) groups excluding carboxylic acids is 1. The van der Waals surface area contributed by atoms with Crippen LogP contribution in [0.4, 0.5) is 5.69 Å².